The molecule has 1 heteroatoms. The van der Waals surface area contributed by atoms with Gasteiger partial charge in [-0.15, -0.1) is 0 Å². The van der Waals surface area contributed by atoms with Crippen molar-refractivity contribution in [1.82, 2.24) is 0 Å². The summed E-state index contributed by atoms with van der Waals surface area (Å²) in [7, 11) is 0. The lowest BCUT2D eigenvalue weighted by molar-refractivity contribution is -0.107. The Balaban J connectivity index is 3.12. The van der Waals surface area contributed by atoms with Gasteiger partial charge < -0.3 is 4.79 Å². The molecule has 0 spiro atoms. The van der Waals surface area contributed by atoms with Gasteiger partial charge in [-0.1, -0.05) is 104 Å². The lowest BCUT2D eigenvalue weighted by Crippen LogP contribution is -1.95. The highest BCUT2D eigenvalue weighted by atomic mass is 16.1. The maximum absolute atomic E-state index is 10.2. The molecule has 1 atom stereocenters. The summed E-state index contributed by atoms with van der Waals surface area (Å²) in [5.41, 5.74) is 0. The first-order valence-electron chi connectivity index (χ1n) is 9.74. The van der Waals surface area contributed by atoms with E-state index in [-0.39, 0.29) is 0 Å². The first-order valence-corrected chi connectivity index (χ1v) is 9.74. The van der Waals surface area contributed by atoms with E-state index in [1.165, 1.54) is 89.9 Å². The zero-order chi connectivity index (χ0) is 15.6. The molecule has 0 aliphatic carbocycles. The van der Waals surface area contributed by atoms with Gasteiger partial charge in [-0.3, -0.25) is 0 Å². The highest BCUT2D eigenvalue weighted by molar-refractivity contribution is 5.48. The number of aldehydes is 1. The fraction of sp³-hybridized carbons (Fsp3) is 0.950. The Morgan fingerprint density at radius 1 is 0.667 bits per heavy atom. The molecule has 0 aromatic rings. The normalized spacial score (nSPS) is 12.5. The van der Waals surface area contributed by atoms with Crippen molar-refractivity contribution in [1.29, 1.82) is 0 Å². The molecule has 0 aromatic carbocycles. The molecular weight excluding hydrogens is 256 g/mol. The lowest BCUT2D eigenvalue weighted by atomic mass is 9.96. The third-order valence-electron chi connectivity index (χ3n) is 4.57. The number of carbonyl (C=O) groups excluding carboxylic acids is 1. The molecule has 0 saturated heterocycles. The van der Waals surface area contributed by atoms with Crippen molar-refractivity contribution < 1.29 is 4.79 Å². The molecule has 0 radical (unpaired) electrons. The predicted octanol–water partition coefficient (Wildman–Crippen LogP) is 7.08. The molecular formula is C20H40O. The molecule has 1 nitrogen and oxygen atoms in total. The van der Waals surface area contributed by atoms with Crippen LogP contribution in [0.5, 0.6) is 0 Å². The Morgan fingerprint density at radius 2 is 1.10 bits per heavy atom. The maximum atomic E-state index is 10.2. The summed E-state index contributed by atoms with van der Waals surface area (Å²) in [6.07, 6.45) is 22.5. The molecule has 0 amide bonds. The van der Waals surface area contributed by atoms with E-state index in [0.29, 0.717) is 0 Å². The Kier molecular flexibility index (Phi) is 17.4. The quantitative estimate of drug-likeness (QED) is 0.207. The molecule has 0 aliphatic heterocycles. The molecule has 0 rings (SSSR count). The van der Waals surface area contributed by atoms with Gasteiger partial charge in [-0.05, 0) is 12.3 Å². The first-order chi connectivity index (χ1) is 10.3. The standard InChI is InChI=1S/C20H40O/c1-3-4-5-6-11-14-17-20(2)18-15-12-9-7-8-10-13-16-19-21/h19-20H,3-18H2,1-2H3. The molecule has 0 N–H and O–H groups in total. The van der Waals surface area contributed by atoms with E-state index in [1.807, 2.05) is 0 Å². The van der Waals surface area contributed by atoms with Gasteiger partial charge in [0.2, 0.25) is 0 Å². The third kappa shape index (κ3) is 17.6. The summed E-state index contributed by atoms with van der Waals surface area (Å²) in [6.45, 7) is 4.72. The van der Waals surface area contributed by atoms with Crippen LogP contribution in [0.4, 0.5) is 0 Å². The van der Waals surface area contributed by atoms with Crippen LogP contribution >= 0.6 is 0 Å². The van der Waals surface area contributed by atoms with Crippen LogP contribution in [-0.2, 0) is 4.79 Å². The van der Waals surface area contributed by atoms with Crippen molar-refractivity contribution in [2.45, 2.75) is 117 Å². The summed E-state index contributed by atoms with van der Waals surface area (Å²) < 4.78 is 0. The Hall–Kier alpha value is -0.330. The van der Waals surface area contributed by atoms with Gasteiger partial charge in [-0.2, -0.15) is 0 Å². The molecule has 0 bridgehead atoms. The van der Waals surface area contributed by atoms with Crippen LogP contribution in [0.1, 0.15) is 117 Å². The minimum absolute atomic E-state index is 0.760. The maximum Gasteiger partial charge on any atom is 0.119 e. The minimum atomic E-state index is 0.760. The molecule has 0 aromatic heterocycles. The van der Waals surface area contributed by atoms with Crippen molar-refractivity contribution >= 4 is 6.29 Å². The molecule has 1 unspecified atom stereocenters. The van der Waals surface area contributed by atoms with E-state index in [1.54, 1.807) is 0 Å². The second-order valence-electron chi connectivity index (χ2n) is 6.88. The smallest absolute Gasteiger partial charge is 0.119 e. The summed E-state index contributed by atoms with van der Waals surface area (Å²) >= 11 is 0. The van der Waals surface area contributed by atoms with Crippen molar-refractivity contribution in [3.63, 3.8) is 0 Å². The minimum Gasteiger partial charge on any atom is -0.303 e. The van der Waals surface area contributed by atoms with Gasteiger partial charge in [0.25, 0.3) is 0 Å². The number of hydrogen-bond acceptors (Lipinski definition) is 1. The van der Waals surface area contributed by atoms with E-state index >= 15 is 0 Å². The van der Waals surface area contributed by atoms with E-state index in [9.17, 15) is 4.79 Å². The van der Waals surface area contributed by atoms with Gasteiger partial charge in [-0.25, -0.2) is 0 Å². The van der Waals surface area contributed by atoms with Crippen LogP contribution in [-0.4, -0.2) is 6.29 Å². The fourth-order valence-corrected chi connectivity index (χ4v) is 3.02. The van der Waals surface area contributed by atoms with Crippen molar-refractivity contribution in [3.8, 4) is 0 Å². The Bertz CT molecular complexity index is 200. The second-order valence-corrected chi connectivity index (χ2v) is 6.88. The van der Waals surface area contributed by atoms with E-state index in [4.69, 9.17) is 0 Å². The van der Waals surface area contributed by atoms with Crippen LogP contribution in [0.2, 0.25) is 0 Å². The molecule has 126 valence electrons. The van der Waals surface area contributed by atoms with Crippen LogP contribution in [0.3, 0.4) is 0 Å². The van der Waals surface area contributed by atoms with Gasteiger partial charge in [0.15, 0.2) is 0 Å². The van der Waals surface area contributed by atoms with Gasteiger partial charge in [0.1, 0.15) is 6.29 Å². The SMILES string of the molecule is CCCCCCCCC(C)CCCCCCCCCC=O. The highest BCUT2D eigenvalue weighted by Gasteiger charge is 2.02. The largest absolute Gasteiger partial charge is 0.303 e. The topological polar surface area (TPSA) is 17.1 Å². The van der Waals surface area contributed by atoms with Crippen molar-refractivity contribution in [2.24, 2.45) is 5.92 Å². The average molecular weight is 297 g/mol. The van der Waals surface area contributed by atoms with Crippen molar-refractivity contribution in [2.75, 3.05) is 0 Å². The van der Waals surface area contributed by atoms with Gasteiger partial charge in [0, 0.05) is 6.42 Å². The Morgan fingerprint density at radius 3 is 1.57 bits per heavy atom. The number of carbonyl (C=O) groups is 1. The molecule has 0 fully saturated rings. The highest BCUT2D eigenvalue weighted by Crippen LogP contribution is 2.18. The van der Waals surface area contributed by atoms with Crippen LogP contribution in [0.25, 0.3) is 0 Å². The fourth-order valence-electron chi connectivity index (χ4n) is 3.02. The summed E-state index contributed by atoms with van der Waals surface area (Å²) in [6, 6.07) is 0. The van der Waals surface area contributed by atoms with Crippen LogP contribution < -0.4 is 0 Å². The lowest BCUT2D eigenvalue weighted by Gasteiger charge is -2.11. The number of hydrogen-bond donors (Lipinski definition) is 0. The van der Waals surface area contributed by atoms with E-state index in [2.05, 4.69) is 13.8 Å². The molecule has 21 heavy (non-hydrogen) atoms. The number of rotatable bonds is 17. The van der Waals surface area contributed by atoms with Gasteiger partial charge >= 0.3 is 0 Å². The van der Waals surface area contributed by atoms with Crippen LogP contribution in [0, 0.1) is 5.92 Å². The Labute approximate surface area is 134 Å². The summed E-state index contributed by atoms with van der Waals surface area (Å²) in [5, 5.41) is 0. The van der Waals surface area contributed by atoms with E-state index < -0.39 is 0 Å². The average Bonchev–Trinajstić information content (AvgIpc) is 2.49. The van der Waals surface area contributed by atoms with E-state index in [0.717, 1.165) is 25.0 Å². The second kappa shape index (κ2) is 17.7. The van der Waals surface area contributed by atoms with Gasteiger partial charge in [0.05, 0.1) is 0 Å². The molecule has 0 heterocycles. The summed E-state index contributed by atoms with van der Waals surface area (Å²) in [4.78, 5) is 10.2. The first kappa shape index (κ1) is 20.7. The number of unbranched alkanes of at least 4 members (excludes halogenated alkanes) is 12. The van der Waals surface area contributed by atoms with Crippen LogP contribution in [0.15, 0.2) is 0 Å². The molecule has 0 saturated carbocycles. The van der Waals surface area contributed by atoms with Crippen molar-refractivity contribution in [3.05, 3.63) is 0 Å². The zero-order valence-electron chi connectivity index (χ0n) is 14.9. The summed E-state index contributed by atoms with van der Waals surface area (Å²) in [5.74, 6) is 0.934. The third-order valence-corrected chi connectivity index (χ3v) is 4.57. The zero-order valence-corrected chi connectivity index (χ0v) is 14.9. The molecule has 0 aliphatic rings. The monoisotopic (exact) mass is 296 g/mol. The predicted molar refractivity (Wildman–Crippen MR) is 94.8 cm³/mol.